The second kappa shape index (κ2) is 7.27. The van der Waals surface area contributed by atoms with E-state index in [2.05, 4.69) is 47.1 Å². The molecule has 0 spiro atoms. The zero-order valence-corrected chi connectivity index (χ0v) is 15.7. The smallest absolute Gasteiger partial charge is 0.227 e. The van der Waals surface area contributed by atoms with Crippen molar-refractivity contribution in [2.75, 3.05) is 12.4 Å². The molecule has 1 aromatic heterocycles. The van der Waals surface area contributed by atoms with Crippen molar-refractivity contribution in [3.05, 3.63) is 63.4 Å². The Morgan fingerprint density at radius 1 is 1.08 bits per heavy atom. The van der Waals surface area contributed by atoms with E-state index in [4.69, 9.17) is 4.74 Å². The van der Waals surface area contributed by atoms with Gasteiger partial charge in [0.15, 0.2) is 0 Å². The number of hydrogen-bond acceptors (Lipinski definition) is 4. The lowest BCUT2D eigenvalue weighted by Crippen LogP contribution is -1.98. The van der Waals surface area contributed by atoms with Crippen molar-refractivity contribution in [3.63, 3.8) is 0 Å². The van der Waals surface area contributed by atoms with Crippen LogP contribution in [0.2, 0.25) is 0 Å². The van der Waals surface area contributed by atoms with Gasteiger partial charge in [0.25, 0.3) is 0 Å². The summed E-state index contributed by atoms with van der Waals surface area (Å²) >= 11 is 6.96. The maximum absolute atomic E-state index is 13.3. The van der Waals surface area contributed by atoms with Gasteiger partial charge in [-0.1, -0.05) is 6.07 Å². The van der Waals surface area contributed by atoms with Crippen molar-refractivity contribution < 1.29 is 9.13 Å². The number of benzene rings is 2. The minimum atomic E-state index is -0.320. The van der Waals surface area contributed by atoms with E-state index < -0.39 is 0 Å². The first-order valence-corrected chi connectivity index (χ1v) is 8.54. The highest BCUT2D eigenvalue weighted by Crippen LogP contribution is 2.37. The Morgan fingerprint density at radius 3 is 2.50 bits per heavy atom. The Morgan fingerprint density at radius 2 is 1.83 bits per heavy atom. The second-order valence-corrected chi connectivity index (χ2v) is 6.58. The molecule has 4 nitrogen and oxygen atoms in total. The monoisotopic (exact) mass is 451 g/mol. The number of halogens is 3. The fourth-order valence-corrected chi connectivity index (χ4v) is 3.69. The molecule has 0 aliphatic rings. The number of aromatic nitrogens is 2. The van der Waals surface area contributed by atoms with Gasteiger partial charge in [-0.15, -0.1) is 0 Å². The van der Waals surface area contributed by atoms with E-state index >= 15 is 0 Å². The van der Waals surface area contributed by atoms with E-state index in [9.17, 15) is 4.39 Å². The van der Waals surface area contributed by atoms with Crippen molar-refractivity contribution in [2.45, 2.75) is 0 Å². The van der Waals surface area contributed by atoms with Gasteiger partial charge in [0.2, 0.25) is 5.95 Å². The van der Waals surface area contributed by atoms with Crippen molar-refractivity contribution in [3.8, 4) is 17.0 Å². The van der Waals surface area contributed by atoms with Gasteiger partial charge >= 0.3 is 0 Å². The highest BCUT2D eigenvalue weighted by molar-refractivity contribution is 9.11. The molecule has 0 aliphatic heterocycles. The summed E-state index contributed by atoms with van der Waals surface area (Å²) in [6, 6.07) is 11.8. The van der Waals surface area contributed by atoms with Gasteiger partial charge in [0.05, 0.1) is 21.7 Å². The van der Waals surface area contributed by atoms with Crippen LogP contribution in [-0.4, -0.2) is 17.1 Å². The van der Waals surface area contributed by atoms with Crippen LogP contribution in [0.4, 0.5) is 16.0 Å². The highest BCUT2D eigenvalue weighted by atomic mass is 79.9. The second-order valence-electron chi connectivity index (χ2n) is 4.87. The maximum Gasteiger partial charge on any atom is 0.227 e. The Kier molecular flexibility index (Phi) is 5.11. The summed E-state index contributed by atoms with van der Waals surface area (Å²) in [5.41, 5.74) is 2.21. The van der Waals surface area contributed by atoms with Crippen LogP contribution in [0.1, 0.15) is 0 Å². The summed E-state index contributed by atoms with van der Waals surface area (Å²) in [6.07, 6.45) is 1.65. The Hall–Kier alpha value is -1.99. The first-order valence-electron chi connectivity index (χ1n) is 6.96. The number of ether oxygens (including phenoxy) is 1. The van der Waals surface area contributed by atoms with Gasteiger partial charge in [-0.25, -0.2) is 14.4 Å². The normalized spacial score (nSPS) is 10.5. The molecular weight excluding hydrogens is 441 g/mol. The third-order valence-corrected chi connectivity index (χ3v) is 4.41. The van der Waals surface area contributed by atoms with Crippen molar-refractivity contribution in [1.29, 1.82) is 0 Å². The standard InChI is InChI=1S/C17H12Br2FN3O/c1-24-16-13(18)7-10(8-14(16)19)15-5-6-21-17(23-15)22-12-4-2-3-11(20)9-12/h2-9H,1H3,(H,21,22,23). The van der Waals surface area contributed by atoms with Crippen LogP contribution in [0, 0.1) is 5.82 Å². The summed E-state index contributed by atoms with van der Waals surface area (Å²) in [5.74, 6) is 0.784. The average molecular weight is 453 g/mol. The fraction of sp³-hybridized carbons (Fsp3) is 0.0588. The molecule has 0 aliphatic carbocycles. The molecule has 0 fully saturated rings. The Labute approximate surface area is 155 Å². The molecule has 0 saturated heterocycles. The number of rotatable bonds is 4. The lowest BCUT2D eigenvalue weighted by molar-refractivity contribution is 0.409. The van der Waals surface area contributed by atoms with Crippen LogP contribution in [-0.2, 0) is 0 Å². The molecule has 7 heteroatoms. The third-order valence-electron chi connectivity index (χ3n) is 3.23. The van der Waals surface area contributed by atoms with E-state index in [-0.39, 0.29) is 5.82 Å². The predicted octanol–water partition coefficient (Wildman–Crippen LogP) is 5.56. The average Bonchev–Trinajstić information content (AvgIpc) is 2.55. The van der Waals surface area contributed by atoms with E-state index in [1.54, 1.807) is 31.5 Å². The van der Waals surface area contributed by atoms with Crippen LogP contribution in [0.25, 0.3) is 11.3 Å². The lowest BCUT2D eigenvalue weighted by Gasteiger charge is -2.10. The minimum absolute atomic E-state index is 0.320. The number of anilines is 2. The first kappa shape index (κ1) is 16.9. The number of hydrogen-bond donors (Lipinski definition) is 1. The topological polar surface area (TPSA) is 47.0 Å². The lowest BCUT2D eigenvalue weighted by atomic mass is 10.1. The zero-order valence-electron chi connectivity index (χ0n) is 12.6. The van der Waals surface area contributed by atoms with Gasteiger partial charge in [0, 0.05) is 17.4 Å². The molecular formula is C17H12Br2FN3O. The van der Waals surface area contributed by atoms with Crippen LogP contribution in [0.3, 0.4) is 0 Å². The molecule has 0 atom stereocenters. The Balaban J connectivity index is 1.93. The predicted molar refractivity (Wildman–Crippen MR) is 99.1 cm³/mol. The molecule has 0 radical (unpaired) electrons. The zero-order chi connectivity index (χ0) is 17.1. The quantitative estimate of drug-likeness (QED) is 0.562. The first-order chi connectivity index (χ1) is 11.6. The molecule has 24 heavy (non-hydrogen) atoms. The Bertz CT molecular complexity index is 866. The van der Waals surface area contributed by atoms with Gasteiger partial charge in [-0.3, -0.25) is 0 Å². The molecule has 0 saturated carbocycles. The summed E-state index contributed by atoms with van der Waals surface area (Å²) in [5, 5.41) is 3.00. The van der Waals surface area contributed by atoms with Crippen molar-refractivity contribution in [1.82, 2.24) is 9.97 Å². The molecule has 2 aromatic carbocycles. The molecule has 122 valence electrons. The van der Waals surface area contributed by atoms with Crippen molar-refractivity contribution >= 4 is 43.5 Å². The molecule has 0 amide bonds. The molecule has 3 rings (SSSR count). The molecule has 1 heterocycles. The molecule has 0 bridgehead atoms. The number of methoxy groups -OCH3 is 1. The summed E-state index contributed by atoms with van der Waals surface area (Å²) in [7, 11) is 1.61. The summed E-state index contributed by atoms with van der Waals surface area (Å²) in [6.45, 7) is 0. The maximum atomic E-state index is 13.3. The van der Waals surface area contributed by atoms with Gasteiger partial charge < -0.3 is 10.1 Å². The number of nitrogens with zero attached hydrogens (tertiary/aromatic N) is 2. The van der Waals surface area contributed by atoms with E-state index in [0.29, 0.717) is 17.4 Å². The van der Waals surface area contributed by atoms with E-state index in [1.807, 2.05) is 12.1 Å². The molecule has 0 unspecified atom stereocenters. The molecule has 1 N–H and O–H groups in total. The van der Waals surface area contributed by atoms with E-state index in [0.717, 1.165) is 20.2 Å². The van der Waals surface area contributed by atoms with Crippen molar-refractivity contribution in [2.24, 2.45) is 0 Å². The highest BCUT2D eigenvalue weighted by Gasteiger charge is 2.11. The summed E-state index contributed by atoms with van der Waals surface area (Å²) < 4.78 is 20.2. The van der Waals surface area contributed by atoms with Crippen LogP contribution in [0.15, 0.2) is 57.6 Å². The van der Waals surface area contributed by atoms with Crippen LogP contribution >= 0.6 is 31.9 Å². The third kappa shape index (κ3) is 3.73. The largest absolute Gasteiger partial charge is 0.494 e. The van der Waals surface area contributed by atoms with Crippen LogP contribution < -0.4 is 10.1 Å². The van der Waals surface area contributed by atoms with Gasteiger partial charge in [-0.2, -0.15) is 0 Å². The number of nitrogens with one attached hydrogen (secondary N) is 1. The van der Waals surface area contributed by atoms with E-state index in [1.165, 1.54) is 12.1 Å². The van der Waals surface area contributed by atoms with Gasteiger partial charge in [-0.05, 0) is 68.3 Å². The SMILES string of the molecule is COc1c(Br)cc(-c2ccnc(Nc3cccc(F)c3)n2)cc1Br. The molecule has 3 aromatic rings. The van der Waals surface area contributed by atoms with Gasteiger partial charge in [0.1, 0.15) is 11.6 Å². The van der Waals surface area contributed by atoms with Crippen LogP contribution in [0.5, 0.6) is 5.75 Å². The fourth-order valence-electron chi connectivity index (χ4n) is 2.18. The summed E-state index contributed by atoms with van der Waals surface area (Å²) in [4.78, 5) is 8.65. The minimum Gasteiger partial charge on any atom is -0.494 e.